The quantitative estimate of drug-likeness (QED) is 0.877. The first-order valence-corrected chi connectivity index (χ1v) is 7.49. The van der Waals surface area contributed by atoms with E-state index in [1.807, 2.05) is 31.3 Å². The normalized spacial score (nSPS) is 16.3. The molecule has 116 valence electrons. The van der Waals surface area contributed by atoms with Gasteiger partial charge in [0, 0.05) is 32.2 Å². The topological polar surface area (TPSA) is 44.8 Å². The zero-order valence-corrected chi connectivity index (χ0v) is 13.0. The SMILES string of the molecule is COc1ccccc1CN(C)C(=O)CN1CCCNCC1. The summed E-state index contributed by atoms with van der Waals surface area (Å²) in [5.74, 6) is 0.985. The van der Waals surface area contributed by atoms with Gasteiger partial charge in [0.15, 0.2) is 0 Å². The average Bonchev–Trinajstić information content (AvgIpc) is 2.76. The van der Waals surface area contributed by atoms with Crippen molar-refractivity contribution in [3.8, 4) is 5.75 Å². The molecule has 5 nitrogen and oxygen atoms in total. The summed E-state index contributed by atoms with van der Waals surface area (Å²) < 4.78 is 5.34. The van der Waals surface area contributed by atoms with Crippen LogP contribution in [-0.2, 0) is 11.3 Å². The molecule has 1 aromatic rings. The number of hydrogen-bond donors (Lipinski definition) is 1. The Balaban J connectivity index is 1.89. The van der Waals surface area contributed by atoms with Gasteiger partial charge in [0.2, 0.25) is 5.91 Å². The zero-order chi connectivity index (χ0) is 15.1. The Morgan fingerprint density at radius 2 is 2.14 bits per heavy atom. The highest BCUT2D eigenvalue weighted by Crippen LogP contribution is 2.18. The van der Waals surface area contributed by atoms with Gasteiger partial charge >= 0.3 is 0 Å². The molecule has 0 unspecified atom stereocenters. The highest BCUT2D eigenvalue weighted by Gasteiger charge is 2.16. The van der Waals surface area contributed by atoms with E-state index in [-0.39, 0.29) is 5.91 Å². The van der Waals surface area contributed by atoms with E-state index in [9.17, 15) is 4.79 Å². The Labute approximate surface area is 126 Å². The summed E-state index contributed by atoms with van der Waals surface area (Å²) in [5, 5.41) is 3.35. The second-order valence-electron chi connectivity index (χ2n) is 5.44. The minimum absolute atomic E-state index is 0.155. The van der Waals surface area contributed by atoms with Gasteiger partial charge in [-0.25, -0.2) is 0 Å². The lowest BCUT2D eigenvalue weighted by atomic mass is 10.2. The first-order chi connectivity index (χ1) is 10.2. The Bertz CT molecular complexity index is 457. The second-order valence-corrected chi connectivity index (χ2v) is 5.44. The average molecular weight is 291 g/mol. The molecule has 1 saturated heterocycles. The van der Waals surface area contributed by atoms with Crippen LogP contribution in [0.5, 0.6) is 5.75 Å². The number of amides is 1. The molecular formula is C16H25N3O2. The highest BCUT2D eigenvalue weighted by atomic mass is 16.5. The fourth-order valence-electron chi connectivity index (χ4n) is 2.55. The van der Waals surface area contributed by atoms with Gasteiger partial charge in [-0.2, -0.15) is 0 Å². The molecule has 0 radical (unpaired) electrons. The minimum atomic E-state index is 0.155. The van der Waals surface area contributed by atoms with Gasteiger partial charge in [-0.3, -0.25) is 9.69 Å². The summed E-state index contributed by atoms with van der Waals surface area (Å²) in [6.45, 7) is 5.00. The van der Waals surface area contributed by atoms with Crippen molar-refractivity contribution in [2.24, 2.45) is 0 Å². The number of likely N-dealkylation sites (N-methyl/N-ethyl adjacent to an activating group) is 1. The lowest BCUT2D eigenvalue weighted by molar-refractivity contribution is -0.131. The Hall–Kier alpha value is -1.59. The third kappa shape index (κ3) is 4.72. The summed E-state index contributed by atoms with van der Waals surface area (Å²) in [4.78, 5) is 16.3. The van der Waals surface area contributed by atoms with Gasteiger partial charge < -0.3 is 15.0 Å². The molecule has 5 heteroatoms. The first kappa shape index (κ1) is 15.8. The lowest BCUT2D eigenvalue weighted by Crippen LogP contribution is -2.39. The molecule has 1 heterocycles. The van der Waals surface area contributed by atoms with Crippen LogP contribution in [0, 0.1) is 0 Å². The number of methoxy groups -OCH3 is 1. The van der Waals surface area contributed by atoms with Crippen LogP contribution >= 0.6 is 0 Å². The number of para-hydroxylation sites is 1. The van der Waals surface area contributed by atoms with Gasteiger partial charge in [0.1, 0.15) is 5.75 Å². The molecule has 1 N–H and O–H groups in total. The molecule has 1 aliphatic heterocycles. The molecule has 0 aliphatic carbocycles. The van der Waals surface area contributed by atoms with Gasteiger partial charge in [-0.15, -0.1) is 0 Å². The van der Waals surface area contributed by atoms with Crippen LogP contribution in [0.1, 0.15) is 12.0 Å². The van der Waals surface area contributed by atoms with E-state index < -0.39 is 0 Å². The Morgan fingerprint density at radius 1 is 1.33 bits per heavy atom. The monoisotopic (exact) mass is 291 g/mol. The smallest absolute Gasteiger partial charge is 0.236 e. The van der Waals surface area contributed by atoms with Gasteiger partial charge in [-0.05, 0) is 25.6 Å². The fourth-order valence-corrected chi connectivity index (χ4v) is 2.55. The Kier molecular flexibility index (Phi) is 6.02. The number of nitrogens with one attached hydrogen (secondary N) is 1. The number of carbonyl (C=O) groups excluding carboxylic acids is 1. The molecule has 1 aliphatic rings. The van der Waals surface area contributed by atoms with Gasteiger partial charge in [0.25, 0.3) is 0 Å². The molecule has 0 atom stereocenters. The molecule has 2 rings (SSSR count). The van der Waals surface area contributed by atoms with Crippen LogP contribution in [0.4, 0.5) is 0 Å². The molecule has 0 spiro atoms. The van der Waals surface area contributed by atoms with E-state index in [1.54, 1.807) is 12.0 Å². The third-order valence-corrected chi connectivity index (χ3v) is 3.82. The molecule has 1 aromatic carbocycles. The minimum Gasteiger partial charge on any atom is -0.496 e. The number of nitrogens with zero attached hydrogens (tertiary/aromatic N) is 2. The van der Waals surface area contributed by atoms with Crippen molar-refractivity contribution in [2.45, 2.75) is 13.0 Å². The number of ether oxygens (including phenoxy) is 1. The van der Waals surface area contributed by atoms with E-state index in [0.29, 0.717) is 13.1 Å². The lowest BCUT2D eigenvalue weighted by Gasteiger charge is -2.24. The van der Waals surface area contributed by atoms with E-state index in [2.05, 4.69) is 10.2 Å². The van der Waals surface area contributed by atoms with Crippen molar-refractivity contribution >= 4 is 5.91 Å². The van der Waals surface area contributed by atoms with Crippen LogP contribution < -0.4 is 10.1 Å². The van der Waals surface area contributed by atoms with Crippen molar-refractivity contribution in [3.05, 3.63) is 29.8 Å². The summed E-state index contributed by atoms with van der Waals surface area (Å²) in [5.41, 5.74) is 1.04. The van der Waals surface area contributed by atoms with Crippen LogP contribution in [0.25, 0.3) is 0 Å². The predicted molar refractivity (Wildman–Crippen MR) is 83.4 cm³/mol. The van der Waals surface area contributed by atoms with E-state index >= 15 is 0 Å². The first-order valence-electron chi connectivity index (χ1n) is 7.49. The highest BCUT2D eigenvalue weighted by molar-refractivity contribution is 5.78. The number of carbonyl (C=O) groups is 1. The summed E-state index contributed by atoms with van der Waals surface area (Å²) >= 11 is 0. The number of hydrogen-bond acceptors (Lipinski definition) is 4. The largest absolute Gasteiger partial charge is 0.496 e. The van der Waals surface area contributed by atoms with Crippen molar-refractivity contribution in [2.75, 3.05) is 46.9 Å². The van der Waals surface area contributed by atoms with Gasteiger partial charge in [0.05, 0.1) is 13.7 Å². The van der Waals surface area contributed by atoms with Crippen LogP contribution in [0.15, 0.2) is 24.3 Å². The zero-order valence-electron chi connectivity index (χ0n) is 13.0. The van der Waals surface area contributed by atoms with Crippen molar-refractivity contribution in [1.82, 2.24) is 15.1 Å². The molecular weight excluding hydrogens is 266 g/mol. The second kappa shape index (κ2) is 8.00. The van der Waals surface area contributed by atoms with E-state index in [4.69, 9.17) is 4.74 Å². The van der Waals surface area contributed by atoms with Crippen molar-refractivity contribution < 1.29 is 9.53 Å². The van der Waals surface area contributed by atoms with Crippen LogP contribution in [0.3, 0.4) is 0 Å². The maximum absolute atomic E-state index is 12.4. The Morgan fingerprint density at radius 3 is 2.95 bits per heavy atom. The number of benzene rings is 1. The molecule has 0 aromatic heterocycles. The predicted octanol–water partition coefficient (Wildman–Crippen LogP) is 0.949. The maximum Gasteiger partial charge on any atom is 0.236 e. The van der Waals surface area contributed by atoms with E-state index in [0.717, 1.165) is 43.9 Å². The van der Waals surface area contributed by atoms with Crippen LogP contribution in [-0.4, -0.2) is 62.6 Å². The van der Waals surface area contributed by atoms with E-state index in [1.165, 1.54) is 0 Å². The standard InChI is InChI=1S/C16H25N3O2/c1-18(12-14-6-3-4-7-15(14)21-2)16(20)13-19-10-5-8-17-9-11-19/h3-4,6-7,17H,5,8-13H2,1-2H3. The van der Waals surface area contributed by atoms with Crippen LogP contribution in [0.2, 0.25) is 0 Å². The number of rotatable bonds is 5. The summed E-state index contributed by atoms with van der Waals surface area (Å²) in [6.07, 6.45) is 1.10. The molecule has 0 saturated carbocycles. The fraction of sp³-hybridized carbons (Fsp3) is 0.562. The molecule has 0 bridgehead atoms. The van der Waals surface area contributed by atoms with Crippen molar-refractivity contribution in [3.63, 3.8) is 0 Å². The third-order valence-electron chi connectivity index (χ3n) is 3.82. The summed E-state index contributed by atoms with van der Waals surface area (Å²) in [6, 6.07) is 7.83. The molecule has 1 fully saturated rings. The molecule has 1 amide bonds. The summed E-state index contributed by atoms with van der Waals surface area (Å²) in [7, 11) is 3.51. The maximum atomic E-state index is 12.4. The van der Waals surface area contributed by atoms with Crippen molar-refractivity contribution in [1.29, 1.82) is 0 Å². The molecule has 21 heavy (non-hydrogen) atoms. The van der Waals surface area contributed by atoms with Gasteiger partial charge in [-0.1, -0.05) is 18.2 Å².